The number of fused-ring (bicyclic) bond motifs is 1. The quantitative estimate of drug-likeness (QED) is 0.141. The molecule has 0 radical (unpaired) electrons. The molecular weight excluding hydrogens is 673 g/mol. The highest BCUT2D eigenvalue weighted by molar-refractivity contribution is 5.92. The number of hydrogen-bond donors (Lipinski definition) is 2. The molecule has 276 valence electrons. The largest absolute Gasteiger partial charge is 0.493 e. The van der Waals surface area contributed by atoms with Crippen LogP contribution in [0, 0.1) is 11.2 Å². The van der Waals surface area contributed by atoms with Gasteiger partial charge in [0.2, 0.25) is 0 Å². The van der Waals surface area contributed by atoms with E-state index in [2.05, 4.69) is 74.9 Å². The molecule has 0 bridgehead atoms. The number of pyridine rings is 1. The number of benzene rings is 3. The monoisotopic (exact) mass is 719 g/mol. The summed E-state index contributed by atoms with van der Waals surface area (Å²) in [6, 6.07) is 22.7. The normalized spacial score (nSPS) is 19.0. The first kappa shape index (κ1) is 34.9. The van der Waals surface area contributed by atoms with Gasteiger partial charge in [0.25, 0.3) is 0 Å². The number of hydrogen-bond acceptors (Lipinski definition) is 8. The van der Waals surface area contributed by atoms with E-state index in [-0.39, 0.29) is 33.9 Å². The number of aromatic nitrogens is 2. The van der Waals surface area contributed by atoms with Gasteiger partial charge in [-0.15, -0.1) is 0 Å². The van der Waals surface area contributed by atoms with Crippen LogP contribution in [0.2, 0.25) is 0 Å². The van der Waals surface area contributed by atoms with Crippen LogP contribution in [-0.4, -0.2) is 83.8 Å². The van der Waals surface area contributed by atoms with Crippen molar-refractivity contribution in [3.8, 4) is 23.0 Å². The highest BCUT2D eigenvalue weighted by Crippen LogP contribution is 2.53. The molecule has 3 fully saturated rings. The molecule has 53 heavy (non-hydrogen) atoms. The van der Waals surface area contributed by atoms with Crippen molar-refractivity contribution in [2.45, 2.75) is 51.2 Å². The van der Waals surface area contributed by atoms with E-state index in [0.717, 1.165) is 69.3 Å². The van der Waals surface area contributed by atoms with Crippen LogP contribution < -0.4 is 19.1 Å². The van der Waals surface area contributed by atoms with E-state index in [1.165, 1.54) is 35.2 Å². The van der Waals surface area contributed by atoms with Gasteiger partial charge in [0.05, 0.1) is 25.8 Å². The van der Waals surface area contributed by atoms with Gasteiger partial charge in [0.15, 0.2) is 11.5 Å². The fourth-order valence-corrected chi connectivity index (χ4v) is 8.77. The Hall–Kier alpha value is -5.13. The topological polar surface area (TPSA) is 103 Å². The van der Waals surface area contributed by atoms with Crippen molar-refractivity contribution in [1.82, 2.24) is 19.8 Å². The van der Waals surface area contributed by atoms with Crippen molar-refractivity contribution >= 4 is 22.7 Å². The van der Waals surface area contributed by atoms with Crippen molar-refractivity contribution in [3.63, 3.8) is 0 Å². The van der Waals surface area contributed by atoms with Gasteiger partial charge in [-0.2, -0.15) is 0 Å². The molecule has 2 aromatic heterocycles. The molecule has 3 aliphatic rings. The molecule has 3 aromatic carbocycles. The minimum Gasteiger partial charge on any atom is -0.493 e. The molecule has 1 saturated carbocycles. The summed E-state index contributed by atoms with van der Waals surface area (Å²) < 4.78 is 31.3. The van der Waals surface area contributed by atoms with Crippen LogP contribution in [0.5, 0.6) is 23.0 Å². The summed E-state index contributed by atoms with van der Waals surface area (Å²) in [5, 5.41) is 10.2. The van der Waals surface area contributed by atoms with Gasteiger partial charge in [-0.05, 0) is 65.8 Å². The number of H-pyrrole nitrogens is 1. The predicted octanol–water partition coefficient (Wildman–Crippen LogP) is 7.86. The molecular formula is C42H46FN5O5. The lowest BCUT2D eigenvalue weighted by Crippen LogP contribution is -2.68. The maximum Gasteiger partial charge on any atom is 0.339 e. The Balaban J connectivity index is 0.965. The molecule has 8 rings (SSSR count). The van der Waals surface area contributed by atoms with Crippen molar-refractivity contribution in [2.24, 2.45) is 5.41 Å². The Kier molecular flexibility index (Phi) is 9.24. The second kappa shape index (κ2) is 14.0. The molecule has 1 spiro atoms. The van der Waals surface area contributed by atoms with Crippen molar-refractivity contribution in [1.29, 1.82) is 0 Å². The molecule has 2 N–H and O–H groups in total. The third-order valence-corrected chi connectivity index (χ3v) is 11.4. The summed E-state index contributed by atoms with van der Waals surface area (Å²) in [4.78, 5) is 26.7. The number of piperazine rings is 1. The summed E-state index contributed by atoms with van der Waals surface area (Å²) in [5.41, 5.74) is 5.64. The predicted molar refractivity (Wildman–Crippen MR) is 202 cm³/mol. The maximum absolute atomic E-state index is 14.2. The number of carbonyl (C=O) groups is 1. The summed E-state index contributed by atoms with van der Waals surface area (Å²) in [6.45, 7) is 10.2. The standard InChI is InChI=1S/C42H46FN5O5/c1-26(2)31-7-5-6-8-32(31)36-23-46(22-27-9-12-37(51-3)39(15-27)52-4)13-14-48(36)29-18-42(19-29)24-47(25-42)28-10-11-33(41(49)50)38(16-28)53-30-17-34-35(43)21-45-40(34)44-20-30/h5-12,15-17,20-21,26,29,36H,13-14,18-19,22-25H2,1-4H3,(H,44,45)(H,49,50). The zero-order valence-electron chi connectivity index (χ0n) is 30.6. The molecule has 2 saturated heterocycles. The fourth-order valence-electron chi connectivity index (χ4n) is 8.77. The second-order valence-corrected chi connectivity index (χ2v) is 15.2. The smallest absolute Gasteiger partial charge is 0.339 e. The summed E-state index contributed by atoms with van der Waals surface area (Å²) in [6.07, 6.45) is 4.96. The number of anilines is 1. The Morgan fingerprint density at radius 2 is 1.79 bits per heavy atom. The van der Waals surface area contributed by atoms with Crippen molar-refractivity contribution in [3.05, 3.63) is 107 Å². The van der Waals surface area contributed by atoms with E-state index in [1.807, 2.05) is 12.1 Å². The second-order valence-electron chi connectivity index (χ2n) is 15.2. The zero-order chi connectivity index (χ0) is 36.9. The van der Waals surface area contributed by atoms with Gasteiger partial charge in [-0.3, -0.25) is 9.80 Å². The van der Waals surface area contributed by atoms with E-state index < -0.39 is 11.8 Å². The first-order valence-electron chi connectivity index (χ1n) is 18.3. The molecule has 10 nitrogen and oxygen atoms in total. The molecule has 5 aromatic rings. The highest BCUT2D eigenvalue weighted by Gasteiger charge is 2.55. The number of rotatable bonds is 11. The Bertz CT molecular complexity index is 2140. The van der Waals surface area contributed by atoms with Crippen LogP contribution in [0.1, 0.15) is 65.7 Å². The number of ether oxygens (including phenoxy) is 3. The molecule has 1 unspecified atom stereocenters. The molecule has 2 aliphatic heterocycles. The van der Waals surface area contributed by atoms with E-state index in [1.54, 1.807) is 26.4 Å². The summed E-state index contributed by atoms with van der Waals surface area (Å²) in [5.74, 6) is 0.870. The Morgan fingerprint density at radius 3 is 2.55 bits per heavy atom. The molecule has 1 aliphatic carbocycles. The summed E-state index contributed by atoms with van der Waals surface area (Å²) in [7, 11) is 3.35. The van der Waals surface area contributed by atoms with Gasteiger partial charge < -0.3 is 29.2 Å². The number of carboxylic acid groups (broad SMARTS) is 1. The van der Waals surface area contributed by atoms with Gasteiger partial charge >= 0.3 is 5.97 Å². The van der Waals surface area contributed by atoms with Crippen molar-refractivity contribution in [2.75, 3.05) is 51.8 Å². The number of nitrogens with one attached hydrogen (secondary N) is 1. The zero-order valence-corrected chi connectivity index (χ0v) is 30.6. The van der Waals surface area contributed by atoms with Crippen LogP contribution in [-0.2, 0) is 6.54 Å². The van der Waals surface area contributed by atoms with Crippen LogP contribution in [0.25, 0.3) is 11.0 Å². The first-order chi connectivity index (χ1) is 25.6. The average molecular weight is 720 g/mol. The molecule has 11 heteroatoms. The average Bonchev–Trinajstić information content (AvgIpc) is 3.50. The SMILES string of the molecule is COc1ccc(CN2CCN(C3CC4(C3)CN(c3ccc(C(=O)O)c(Oc5cnc6[nH]cc(F)c6c5)c3)C4)C(c3ccccc3C(C)C)C2)cc1OC. The lowest BCUT2D eigenvalue weighted by molar-refractivity contribution is -0.0647. The third-order valence-electron chi connectivity index (χ3n) is 11.4. The molecule has 4 heterocycles. The number of carboxylic acids is 1. The van der Waals surface area contributed by atoms with Crippen LogP contribution in [0.3, 0.4) is 0 Å². The lowest BCUT2D eigenvalue weighted by atomic mass is 9.59. The van der Waals surface area contributed by atoms with Gasteiger partial charge in [0, 0.05) is 74.7 Å². The lowest BCUT2D eigenvalue weighted by Gasteiger charge is -2.63. The molecule has 1 atom stereocenters. The Morgan fingerprint density at radius 1 is 1.00 bits per heavy atom. The summed E-state index contributed by atoms with van der Waals surface area (Å²) >= 11 is 0. The number of nitrogens with zero attached hydrogens (tertiary/aromatic N) is 4. The highest BCUT2D eigenvalue weighted by atomic mass is 19.1. The number of aromatic carboxylic acids is 1. The Labute approximate surface area is 309 Å². The fraction of sp³-hybridized carbons (Fsp3) is 0.381. The minimum atomic E-state index is -1.09. The van der Waals surface area contributed by atoms with Crippen LogP contribution >= 0.6 is 0 Å². The van der Waals surface area contributed by atoms with E-state index >= 15 is 0 Å². The number of methoxy groups -OCH3 is 2. The van der Waals surface area contributed by atoms with Gasteiger partial charge in [-0.25, -0.2) is 14.2 Å². The number of aromatic amines is 1. The van der Waals surface area contributed by atoms with E-state index in [4.69, 9.17) is 14.2 Å². The maximum atomic E-state index is 14.2. The third kappa shape index (κ3) is 6.68. The van der Waals surface area contributed by atoms with Crippen LogP contribution in [0.15, 0.2) is 79.1 Å². The van der Waals surface area contributed by atoms with Gasteiger partial charge in [0.1, 0.15) is 28.5 Å². The molecule has 0 amide bonds. The van der Waals surface area contributed by atoms with E-state index in [9.17, 15) is 14.3 Å². The van der Waals surface area contributed by atoms with Crippen LogP contribution in [0.4, 0.5) is 10.1 Å². The number of halogens is 1. The van der Waals surface area contributed by atoms with Gasteiger partial charge in [-0.1, -0.05) is 44.2 Å². The van der Waals surface area contributed by atoms with Crippen molar-refractivity contribution < 1.29 is 28.5 Å². The minimum absolute atomic E-state index is 0.0420. The van der Waals surface area contributed by atoms with E-state index in [0.29, 0.717) is 17.6 Å². The first-order valence-corrected chi connectivity index (χ1v) is 18.3.